The summed E-state index contributed by atoms with van der Waals surface area (Å²) in [6, 6.07) is 0. The first kappa shape index (κ1) is 8.28. The van der Waals surface area contributed by atoms with Crippen molar-refractivity contribution in [2.75, 3.05) is 7.05 Å². The van der Waals surface area contributed by atoms with Gasteiger partial charge in [0.2, 0.25) is 0 Å². The highest BCUT2D eigenvalue weighted by atomic mass is 15.1. The summed E-state index contributed by atoms with van der Waals surface area (Å²) in [4.78, 5) is 2.01. The average molecular weight is 125 g/mol. The second-order valence-electron chi connectivity index (χ2n) is 2.65. The summed E-state index contributed by atoms with van der Waals surface area (Å²) < 4.78 is 0. The van der Waals surface area contributed by atoms with Crippen molar-refractivity contribution in [2.45, 2.75) is 19.4 Å². The Bertz CT molecular complexity index is 114. The summed E-state index contributed by atoms with van der Waals surface area (Å²) in [5.74, 6) is 0. The molecule has 0 aromatic carbocycles. The molecule has 0 amide bonds. The summed E-state index contributed by atoms with van der Waals surface area (Å²) in [7, 11) is 1.98. The molecule has 1 nitrogen and oxygen atoms in total. The molecule has 0 radical (unpaired) electrons. The second-order valence-corrected chi connectivity index (χ2v) is 2.65. The van der Waals surface area contributed by atoms with E-state index >= 15 is 0 Å². The predicted molar refractivity (Wildman–Crippen MR) is 42.2 cm³/mol. The molecule has 0 aromatic heterocycles. The Hall–Kier alpha value is -0.720. The second kappa shape index (κ2) is 2.72. The highest BCUT2D eigenvalue weighted by Crippen LogP contribution is 2.11. The zero-order valence-electron chi connectivity index (χ0n) is 6.52. The molecule has 0 atom stereocenters. The maximum absolute atomic E-state index is 3.71. The monoisotopic (exact) mass is 125 g/mol. The van der Waals surface area contributed by atoms with Crippen LogP contribution in [0.25, 0.3) is 0 Å². The van der Waals surface area contributed by atoms with Crippen LogP contribution in [0.2, 0.25) is 0 Å². The van der Waals surface area contributed by atoms with Crippen LogP contribution in [0.5, 0.6) is 0 Å². The van der Waals surface area contributed by atoms with E-state index in [2.05, 4.69) is 27.0 Å². The van der Waals surface area contributed by atoms with Crippen molar-refractivity contribution in [3.05, 3.63) is 25.4 Å². The predicted octanol–water partition coefficient (Wildman–Crippen LogP) is 2.03. The first-order valence-corrected chi connectivity index (χ1v) is 3.03. The Morgan fingerprint density at radius 1 is 1.33 bits per heavy atom. The van der Waals surface area contributed by atoms with Gasteiger partial charge in [-0.25, -0.2) is 0 Å². The van der Waals surface area contributed by atoms with Crippen LogP contribution in [0.1, 0.15) is 13.8 Å². The zero-order chi connectivity index (χ0) is 7.49. The van der Waals surface area contributed by atoms with Crippen molar-refractivity contribution >= 4 is 0 Å². The van der Waals surface area contributed by atoms with Gasteiger partial charge in [0.25, 0.3) is 0 Å². The van der Waals surface area contributed by atoms with Gasteiger partial charge in [0, 0.05) is 7.05 Å². The van der Waals surface area contributed by atoms with Crippen LogP contribution >= 0.6 is 0 Å². The molecule has 0 aromatic rings. The van der Waals surface area contributed by atoms with E-state index in [0.29, 0.717) is 0 Å². The standard InChI is InChI=1S/C8H15N/c1-6-8(3,4)9(5)7-2/h6-7H,1-2H2,3-5H3. The maximum Gasteiger partial charge on any atom is 0.0516 e. The third kappa shape index (κ3) is 1.92. The Morgan fingerprint density at radius 3 is 1.89 bits per heavy atom. The normalized spacial score (nSPS) is 10.6. The van der Waals surface area contributed by atoms with Crippen molar-refractivity contribution < 1.29 is 0 Å². The van der Waals surface area contributed by atoms with Gasteiger partial charge in [-0.3, -0.25) is 0 Å². The molecule has 9 heavy (non-hydrogen) atoms. The van der Waals surface area contributed by atoms with Gasteiger partial charge in [0.15, 0.2) is 0 Å². The molecular formula is C8H15N. The molecule has 0 aliphatic carbocycles. The minimum absolute atomic E-state index is 0.0295. The van der Waals surface area contributed by atoms with E-state index in [-0.39, 0.29) is 5.54 Å². The van der Waals surface area contributed by atoms with Crippen LogP contribution in [0, 0.1) is 0 Å². The number of rotatable bonds is 3. The fourth-order valence-corrected chi connectivity index (χ4v) is 0.379. The van der Waals surface area contributed by atoms with Gasteiger partial charge in [0.1, 0.15) is 0 Å². The van der Waals surface area contributed by atoms with Crippen molar-refractivity contribution in [3.63, 3.8) is 0 Å². The van der Waals surface area contributed by atoms with Crippen LogP contribution in [0.4, 0.5) is 0 Å². The molecule has 0 saturated carbocycles. The van der Waals surface area contributed by atoms with Crippen molar-refractivity contribution in [3.8, 4) is 0 Å². The minimum atomic E-state index is 0.0295. The van der Waals surface area contributed by atoms with Crippen molar-refractivity contribution in [1.29, 1.82) is 0 Å². The van der Waals surface area contributed by atoms with E-state index in [4.69, 9.17) is 0 Å². The fraction of sp³-hybridized carbons (Fsp3) is 0.500. The van der Waals surface area contributed by atoms with Gasteiger partial charge in [-0.15, -0.1) is 6.58 Å². The molecule has 0 fully saturated rings. The molecule has 0 aliphatic rings. The third-order valence-electron chi connectivity index (χ3n) is 1.68. The summed E-state index contributed by atoms with van der Waals surface area (Å²) in [5, 5.41) is 0. The third-order valence-corrected chi connectivity index (χ3v) is 1.68. The minimum Gasteiger partial charge on any atom is -0.373 e. The molecule has 0 saturated heterocycles. The van der Waals surface area contributed by atoms with Crippen molar-refractivity contribution in [1.82, 2.24) is 4.90 Å². The maximum atomic E-state index is 3.71. The first-order chi connectivity index (χ1) is 4.04. The zero-order valence-corrected chi connectivity index (χ0v) is 6.52. The Kier molecular flexibility index (Phi) is 2.50. The largest absolute Gasteiger partial charge is 0.373 e. The summed E-state index contributed by atoms with van der Waals surface area (Å²) >= 11 is 0. The van der Waals surface area contributed by atoms with E-state index in [1.807, 2.05) is 18.0 Å². The lowest BCUT2D eigenvalue weighted by Crippen LogP contribution is -2.34. The number of hydrogen-bond acceptors (Lipinski definition) is 1. The summed E-state index contributed by atoms with van der Waals surface area (Å²) in [6.45, 7) is 11.5. The van der Waals surface area contributed by atoms with Crippen LogP contribution in [-0.2, 0) is 0 Å². The molecule has 0 spiro atoms. The van der Waals surface area contributed by atoms with Gasteiger partial charge in [-0.2, -0.15) is 0 Å². The molecule has 0 bridgehead atoms. The van der Waals surface area contributed by atoms with Crippen LogP contribution < -0.4 is 0 Å². The lowest BCUT2D eigenvalue weighted by molar-refractivity contribution is 0.287. The SMILES string of the molecule is C=CN(C)C(C)(C)C=C. The van der Waals surface area contributed by atoms with Gasteiger partial charge in [-0.1, -0.05) is 12.7 Å². The quantitative estimate of drug-likeness (QED) is 0.522. The highest BCUT2D eigenvalue weighted by Gasteiger charge is 2.14. The topological polar surface area (TPSA) is 3.24 Å². The average Bonchev–Trinajstić information content (AvgIpc) is 1.86. The molecular weight excluding hydrogens is 110 g/mol. The van der Waals surface area contributed by atoms with Gasteiger partial charge in [-0.05, 0) is 20.0 Å². The van der Waals surface area contributed by atoms with Crippen LogP contribution in [0.15, 0.2) is 25.4 Å². The molecule has 1 heteroatoms. The lowest BCUT2D eigenvalue weighted by Gasteiger charge is -2.31. The first-order valence-electron chi connectivity index (χ1n) is 3.03. The number of hydrogen-bond donors (Lipinski definition) is 0. The lowest BCUT2D eigenvalue weighted by atomic mass is 10.1. The van der Waals surface area contributed by atoms with Gasteiger partial charge < -0.3 is 4.90 Å². The molecule has 0 unspecified atom stereocenters. The number of nitrogens with zero attached hydrogens (tertiary/aromatic N) is 1. The molecule has 0 heterocycles. The number of likely N-dealkylation sites (N-methyl/N-ethyl adjacent to an activating group) is 1. The van der Waals surface area contributed by atoms with E-state index in [0.717, 1.165) is 0 Å². The molecule has 0 rings (SSSR count). The summed E-state index contributed by atoms with van der Waals surface area (Å²) in [5.41, 5.74) is 0.0295. The highest BCUT2D eigenvalue weighted by molar-refractivity contribution is 4.98. The Labute approximate surface area is 57.7 Å². The van der Waals surface area contributed by atoms with E-state index in [1.54, 1.807) is 6.20 Å². The Balaban J connectivity index is 4.11. The van der Waals surface area contributed by atoms with Gasteiger partial charge >= 0.3 is 0 Å². The van der Waals surface area contributed by atoms with Crippen molar-refractivity contribution in [2.24, 2.45) is 0 Å². The van der Waals surface area contributed by atoms with E-state index in [9.17, 15) is 0 Å². The van der Waals surface area contributed by atoms with E-state index < -0.39 is 0 Å². The molecule has 0 N–H and O–H groups in total. The molecule has 52 valence electrons. The van der Waals surface area contributed by atoms with Gasteiger partial charge in [0.05, 0.1) is 5.54 Å². The van der Waals surface area contributed by atoms with Crippen LogP contribution in [0.3, 0.4) is 0 Å². The smallest absolute Gasteiger partial charge is 0.0516 e. The molecule has 0 aliphatic heterocycles. The fourth-order valence-electron chi connectivity index (χ4n) is 0.379. The Morgan fingerprint density at radius 2 is 1.78 bits per heavy atom. The van der Waals surface area contributed by atoms with E-state index in [1.165, 1.54) is 0 Å². The summed E-state index contributed by atoms with van der Waals surface area (Å²) in [6.07, 6.45) is 3.69. The van der Waals surface area contributed by atoms with Crippen LogP contribution in [-0.4, -0.2) is 17.5 Å².